The van der Waals surface area contributed by atoms with Crippen molar-refractivity contribution in [3.8, 4) is 0 Å². The zero-order chi connectivity index (χ0) is 23.1. The Morgan fingerprint density at radius 2 is 1.97 bits per heavy atom. The molecule has 172 valence electrons. The van der Waals surface area contributed by atoms with Crippen LogP contribution in [0.25, 0.3) is 0 Å². The number of amides is 3. The van der Waals surface area contributed by atoms with Crippen molar-refractivity contribution in [1.82, 2.24) is 15.1 Å². The Hall–Kier alpha value is -2.46. The van der Waals surface area contributed by atoms with Gasteiger partial charge < -0.3 is 10.2 Å². The Balaban J connectivity index is 1.52. The fourth-order valence-corrected chi connectivity index (χ4v) is 5.19. The number of nitrogens with zero attached hydrogens (tertiary/aromatic N) is 3. The number of carbonyl (C=O) groups is 3. The molecule has 2 heterocycles. The fourth-order valence-electron chi connectivity index (χ4n) is 3.19. The number of hydrogen-bond donors (Lipinski definition) is 2. The van der Waals surface area contributed by atoms with Gasteiger partial charge in [0.25, 0.3) is 5.91 Å². The number of nitrogens with one attached hydrogen (secondary N) is 2. The molecule has 10 heteroatoms. The highest BCUT2D eigenvalue weighted by Crippen LogP contribution is 2.30. The molecule has 2 unspecified atom stereocenters. The average molecular weight is 476 g/mol. The quantitative estimate of drug-likeness (QED) is 0.393. The van der Waals surface area contributed by atoms with Crippen LogP contribution in [0.1, 0.15) is 56.8 Å². The highest BCUT2D eigenvalue weighted by atomic mass is 32.2. The molecule has 2 N–H and O–H groups in total. The summed E-state index contributed by atoms with van der Waals surface area (Å²) in [5, 5.41) is 14.6. The van der Waals surface area contributed by atoms with Crippen molar-refractivity contribution in [3.05, 3.63) is 29.8 Å². The normalized spacial score (nSPS) is 16.8. The van der Waals surface area contributed by atoms with Crippen LogP contribution in [0.5, 0.6) is 0 Å². The summed E-state index contributed by atoms with van der Waals surface area (Å²) in [5.74, 6) is -0.767. The summed E-state index contributed by atoms with van der Waals surface area (Å²) in [5.41, 5.74) is 1.05. The molecule has 2 aromatic rings. The van der Waals surface area contributed by atoms with Gasteiger partial charge in [0.15, 0.2) is 4.34 Å². The van der Waals surface area contributed by atoms with Crippen molar-refractivity contribution in [2.45, 2.75) is 56.0 Å². The first-order valence-corrected chi connectivity index (χ1v) is 12.6. The average Bonchev–Trinajstić information content (AvgIpc) is 3.38. The van der Waals surface area contributed by atoms with Gasteiger partial charge in [-0.15, -0.1) is 10.2 Å². The second-order valence-corrected chi connectivity index (χ2v) is 10.5. The molecule has 1 aliphatic heterocycles. The number of rotatable bonds is 10. The molecule has 32 heavy (non-hydrogen) atoms. The third kappa shape index (κ3) is 6.52. The van der Waals surface area contributed by atoms with E-state index in [0.717, 1.165) is 23.6 Å². The number of anilines is 2. The molecule has 3 rings (SSSR count). The van der Waals surface area contributed by atoms with Gasteiger partial charge in [-0.05, 0) is 37.1 Å². The van der Waals surface area contributed by atoms with E-state index in [1.54, 1.807) is 40.9 Å². The molecule has 0 spiro atoms. The molecule has 1 fully saturated rings. The summed E-state index contributed by atoms with van der Waals surface area (Å²) in [6, 6.07) is 6.66. The predicted octanol–water partition coefficient (Wildman–Crippen LogP) is 4.27. The van der Waals surface area contributed by atoms with Gasteiger partial charge in [0.2, 0.25) is 16.9 Å². The number of hydrogen-bond acceptors (Lipinski definition) is 7. The molecule has 1 saturated heterocycles. The molecule has 2 atom stereocenters. The molecule has 1 aromatic heterocycles. The first kappa shape index (κ1) is 24.2. The van der Waals surface area contributed by atoms with Crippen molar-refractivity contribution >= 4 is 51.6 Å². The summed E-state index contributed by atoms with van der Waals surface area (Å²) in [6.07, 6.45) is 3.23. The molecular weight excluding hydrogens is 446 g/mol. The van der Waals surface area contributed by atoms with E-state index in [4.69, 9.17) is 0 Å². The van der Waals surface area contributed by atoms with Crippen LogP contribution >= 0.6 is 23.1 Å². The highest BCUT2D eigenvalue weighted by molar-refractivity contribution is 8.01. The topological polar surface area (TPSA) is 104 Å². The smallest absolute Gasteiger partial charge is 0.257 e. The first-order valence-electron chi connectivity index (χ1n) is 10.9. The second kappa shape index (κ2) is 11.4. The zero-order valence-corrected chi connectivity index (χ0v) is 20.2. The van der Waals surface area contributed by atoms with E-state index < -0.39 is 0 Å². The Morgan fingerprint density at radius 1 is 1.22 bits per heavy atom. The van der Waals surface area contributed by atoms with Crippen LogP contribution in [0.15, 0.2) is 28.6 Å². The minimum atomic E-state index is -0.345. The summed E-state index contributed by atoms with van der Waals surface area (Å²) in [4.78, 5) is 38.9. The van der Waals surface area contributed by atoms with Gasteiger partial charge in [-0.3, -0.25) is 19.7 Å². The minimum Gasteiger partial charge on any atom is -0.342 e. The predicted molar refractivity (Wildman–Crippen MR) is 128 cm³/mol. The van der Waals surface area contributed by atoms with E-state index in [2.05, 4.69) is 41.6 Å². The van der Waals surface area contributed by atoms with Gasteiger partial charge in [0, 0.05) is 36.0 Å². The lowest BCUT2D eigenvalue weighted by molar-refractivity contribution is -0.128. The number of benzene rings is 1. The van der Waals surface area contributed by atoms with Crippen LogP contribution in [-0.2, 0) is 9.59 Å². The number of carbonyl (C=O) groups excluding carboxylic acids is 3. The van der Waals surface area contributed by atoms with Crippen molar-refractivity contribution in [3.63, 3.8) is 0 Å². The van der Waals surface area contributed by atoms with Gasteiger partial charge in [-0.2, -0.15) is 0 Å². The third-order valence-electron chi connectivity index (χ3n) is 5.29. The van der Waals surface area contributed by atoms with Gasteiger partial charge in [0.05, 0.1) is 5.92 Å². The van der Waals surface area contributed by atoms with E-state index in [0.29, 0.717) is 34.7 Å². The molecule has 1 aliphatic rings. The molecule has 0 aliphatic carbocycles. The maximum absolute atomic E-state index is 12.6. The Labute approximate surface area is 196 Å². The van der Waals surface area contributed by atoms with Crippen LogP contribution in [-0.4, -0.2) is 51.2 Å². The van der Waals surface area contributed by atoms with E-state index in [1.807, 2.05) is 0 Å². The number of thioether (sulfide) groups is 1. The highest BCUT2D eigenvalue weighted by Gasteiger charge is 2.33. The Bertz CT molecular complexity index is 947. The first-order chi connectivity index (χ1) is 15.4. The molecule has 8 nitrogen and oxygen atoms in total. The van der Waals surface area contributed by atoms with Crippen molar-refractivity contribution < 1.29 is 14.4 Å². The monoisotopic (exact) mass is 475 g/mol. The zero-order valence-electron chi connectivity index (χ0n) is 18.6. The van der Waals surface area contributed by atoms with Crippen molar-refractivity contribution in [1.29, 1.82) is 0 Å². The van der Waals surface area contributed by atoms with Crippen LogP contribution in [0.2, 0.25) is 0 Å². The van der Waals surface area contributed by atoms with Gasteiger partial charge in [-0.1, -0.05) is 50.3 Å². The fraction of sp³-hybridized carbons (Fsp3) is 0.500. The van der Waals surface area contributed by atoms with Crippen LogP contribution in [0.4, 0.5) is 10.8 Å². The van der Waals surface area contributed by atoms with E-state index in [9.17, 15) is 14.4 Å². The lowest BCUT2D eigenvalue weighted by Crippen LogP contribution is -2.29. The van der Waals surface area contributed by atoms with Gasteiger partial charge in [-0.25, -0.2) is 0 Å². The summed E-state index contributed by atoms with van der Waals surface area (Å²) < 4.78 is 0.825. The molecule has 3 amide bonds. The Morgan fingerprint density at radius 3 is 2.66 bits per heavy atom. The van der Waals surface area contributed by atoms with E-state index in [-0.39, 0.29) is 30.1 Å². The number of unbranched alkanes of at least 4 members (excludes halogenated alkanes) is 1. The van der Waals surface area contributed by atoms with Gasteiger partial charge in [0.1, 0.15) is 0 Å². The second-order valence-electron chi connectivity index (χ2n) is 7.82. The standard InChI is InChI=1S/C22H29N5O3S2/c1-4-6-11-27-13-16(12-18(27)28)20(30)23-17-9-7-15(8-10-17)19(29)24-21-25-26-22(32-21)31-14(3)5-2/h7-10,14,16H,4-6,11-13H2,1-3H3,(H,23,30)(H,24,25,29). The van der Waals surface area contributed by atoms with Crippen LogP contribution < -0.4 is 10.6 Å². The number of aromatic nitrogens is 2. The maximum Gasteiger partial charge on any atom is 0.257 e. The van der Waals surface area contributed by atoms with E-state index >= 15 is 0 Å². The van der Waals surface area contributed by atoms with Crippen LogP contribution in [0, 0.1) is 5.92 Å². The molecule has 1 aromatic carbocycles. The third-order valence-corrected chi connectivity index (χ3v) is 7.48. The van der Waals surface area contributed by atoms with E-state index in [1.165, 1.54) is 11.3 Å². The molecule has 0 bridgehead atoms. The minimum absolute atomic E-state index is 0.0352. The largest absolute Gasteiger partial charge is 0.342 e. The van der Waals surface area contributed by atoms with Crippen LogP contribution in [0.3, 0.4) is 0 Å². The van der Waals surface area contributed by atoms with Crippen molar-refractivity contribution in [2.75, 3.05) is 23.7 Å². The lowest BCUT2D eigenvalue weighted by atomic mass is 10.1. The summed E-state index contributed by atoms with van der Waals surface area (Å²) in [6.45, 7) is 7.48. The van der Waals surface area contributed by atoms with Crippen molar-refractivity contribution in [2.24, 2.45) is 5.92 Å². The maximum atomic E-state index is 12.6. The lowest BCUT2D eigenvalue weighted by Gasteiger charge is -2.16. The Kier molecular flexibility index (Phi) is 8.63. The SMILES string of the molecule is CCCCN1CC(C(=O)Nc2ccc(C(=O)Nc3nnc(SC(C)CC)s3)cc2)CC1=O. The summed E-state index contributed by atoms with van der Waals surface area (Å²) >= 11 is 2.99. The summed E-state index contributed by atoms with van der Waals surface area (Å²) in [7, 11) is 0. The molecular formula is C22H29N5O3S2. The van der Waals surface area contributed by atoms with Gasteiger partial charge >= 0.3 is 0 Å². The molecule has 0 radical (unpaired) electrons. The molecule has 0 saturated carbocycles. The number of likely N-dealkylation sites (tertiary alicyclic amines) is 1.